The van der Waals surface area contributed by atoms with Gasteiger partial charge in [-0.15, -0.1) is 11.3 Å². The molecule has 1 saturated carbocycles. The van der Waals surface area contributed by atoms with Gasteiger partial charge in [-0.25, -0.2) is 9.97 Å². The first kappa shape index (κ1) is 20.2. The molecular weight excluding hydrogens is 406 g/mol. The van der Waals surface area contributed by atoms with Gasteiger partial charge in [-0.05, 0) is 44.4 Å². The van der Waals surface area contributed by atoms with Crippen LogP contribution in [0.1, 0.15) is 74.0 Å². The third-order valence-electron chi connectivity index (χ3n) is 6.35. The Kier molecular flexibility index (Phi) is 5.96. The second kappa shape index (κ2) is 9.16. The minimum atomic E-state index is 0.342. The first-order valence-electron chi connectivity index (χ1n) is 11.1. The van der Waals surface area contributed by atoms with E-state index in [-0.39, 0.29) is 0 Å². The van der Waals surface area contributed by atoms with Crippen LogP contribution in [0.15, 0.2) is 36.1 Å². The predicted octanol–water partition coefficient (Wildman–Crippen LogP) is 5.19. The van der Waals surface area contributed by atoms with E-state index in [2.05, 4.69) is 42.8 Å². The van der Waals surface area contributed by atoms with E-state index in [1.807, 2.05) is 12.1 Å². The van der Waals surface area contributed by atoms with Crippen LogP contribution in [-0.2, 0) is 6.54 Å². The number of aromatic nitrogens is 4. The van der Waals surface area contributed by atoms with E-state index in [4.69, 9.17) is 10.2 Å². The summed E-state index contributed by atoms with van der Waals surface area (Å²) in [5, 5.41) is 19.9. The van der Waals surface area contributed by atoms with E-state index >= 15 is 0 Å². The van der Waals surface area contributed by atoms with Gasteiger partial charge >= 0.3 is 0 Å². The van der Waals surface area contributed by atoms with Crippen molar-refractivity contribution in [2.24, 2.45) is 0 Å². The number of anilines is 2. The van der Waals surface area contributed by atoms with Crippen molar-refractivity contribution in [2.45, 2.75) is 63.6 Å². The van der Waals surface area contributed by atoms with Crippen molar-refractivity contribution in [1.82, 2.24) is 24.6 Å². The molecule has 1 N–H and O–H groups in total. The highest BCUT2D eigenvalue weighted by Crippen LogP contribution is 2.35. The summed E-state index contributed by atoms with van der Waals surface area (Å²) in [6.07, 6.45) is 14.8. The minimum absolute atomic E-state index is 0.342. The largest absolute Gasteiger partial charge is 0.330 e. The number of hydrogen-bond acceptors (Lipinski definition) is 7. The normalized spacial score (nSPS) is 20.0. The van der Waals surface area contributed by atoms with Crippen molar-refractivity contribution in [3.8, 4) is 6.07 Å². The van der Waals surface area contributed by atoms with Gasteiger partial charge in [0.15, 0.2) is 5.13 Å². The van der Waals surface area contributed by atoms with Crippen LogP contribution in [0.4, 0.5) is 10.8 Å². The topological polar surface area (TPSA) is 82.7 Å². The van der Waals surface area contributed by atoms with E-state index in [0.717, 1.165) is 36.0 Å². The number of nitriles is 1. The maximum absolute atomic E-state index is 8.90. The molecule has 0 aromatic carbocycles. The van der Waals surface area contributed by atoms with Crippen LogP contribution in [0.5, 0.6) is 0 Å². The zero-order valence-electron chi connectivity index (χ0n) is 17.6. The molecule has 3 aromatic rings. The van der Waals surface area contributed by atoms with E-state index in [9.17, 15) is 0 Å². The summed E-state index contributed by atoms with van der Waals surface area (Å²) < 4.78 is 2.19. The second-order valence-corrected chi connectivity index (χ2v) is 9.35. The molecule has 0 amide bonds. The van der Waals surface area contributed by atoms with Gasteiger partial charge in [-0.1, -0.05) is 19.3 Å². The standard InChI is InChI=1S/C23H27N7S/c24-11-18-8-9-19(13-25-18)27-23-28-21(16-31-23)22-7-3-4-10-29(22)14-17-12-26-30(15-17)20-5-1-2-6-20/h8-9,12-13,15-16,20,22H,1-7,10,14H2,(H,27,28)/t22-/m1/s1. The molecule has 5 rings (SSSR count). The van der Waals surface area contributed by atoms with Crippen molar-refractivity contribution in [1.29, 1.82) is 5.26 Å². The summed E-state index contributed by atoms with van der Waals surface area (Å²) in [6, 6.07) is 6.55. The lowest BCUT2D eigenvalue weighted by atomic mass is 9.99. The second-order valence-electron chi connectivity index (χ2n) is 8.50. The molecule has 2 fully saturated rings. The molecule has 3 aromatic heterocycles. The summed E-state index contributed by atoms with van der Waals surface area (Å²) in [4.78, 5) is 11.6. The molecule has 8 heteroatoms. The van der Waals surface area contributed by atoms with Gasteiger partial charge in [-0.2, -0.15) is 10.4 Å². The zero-order valence-corrected chi connectivity index (χ0v) is 18.4. The van der Waals surface area contributed by atoms with Gasteiger partial charge in [-0.3, -0.25) is 9.58 Å². The Morgan fingerprint density at radius 2 is 2.00 bits per heavy atom. The lowest BCUT2D eigenvalue weighted by Gasteiger charge is -2.34. The van der Waals surface area contributed by atoms with E-state index in [1.165, 1.54) is 44.1 Å². The third kappa shape index (κ3) is 4.63. The Hall–Kier alpha value is -2.76. The van der Waals surface area contributed by atoms with Crippen LogP contribution in [0.3, 0.4) is 0 Å². The number of nitrogens with one attached hydrogen (secondary N) is 1. The highest BCUT2D eigenvalue weighted by atomic mass is 32.1. The summed E-state index contributed by atoms with van der Waals surface area (Å²) in [5.41, 5.74) is 3.70. The maximum atomic E-state index is 8.90. The van der Waals surface area contributed by atoms with Gasteiger partial charge in [0.05, 0.1) is 35.9 Å². The fraction of sp³-hybridized carbons (Fsp3) is 0.478. The molecule has 0 radical (unpaired) electrons. The van der Waals surface area contributed by atoms with Gasteiger partial charge in [0.2, 0.25) is 0 Å². The lowest BCUT2D eigenvalue weighted by Crippen LogP contribution is -2.33. The molecule has 4 heterocycles. The third-order valence-corrected chi connectivity index (χ3v) is 7.12. The van der Waals surface area contributed by atoms with Crippen LogP contribution in [-0.4, -0.2) is 31.2 Å². The molecule has 1 aliphatic carbocycles. The van der Waals surface area contributed by atoms with Gasteiger partial charge in [0.25, 0.3) is 0 Å². The highest BCUT2D eigenvalue weighted by Gasteiger charge is 2.27. The number of nitrogens with zero attached hydrogens (tertiary/aromatic N) is 6. The van der Waals surface area contributed by atoms with Gasteiger partial charge in [0, 0.05) is 23.7 Å². The van der Waals surface area contributed by atoms with Gasteiger partial charge in [0.1, 0.15) is 11.8 Å². The monoisotopic (exact) mass is 433 g/mol. The quantitative estimate of drug-likeness (QED) is 0.576. The molecular formula is C23H27N7S. The number of hydrogen-bond donors (Lipinski definition) is 1. The summed E-state index contributed by atoms with van der Waals surface area (Å²) in [7, 11) is 0. The molecule has 7 nitrogen and oxygen atoms in total. The number of pyridine rings is 1. The van der Waals surface area contributed by atoms with Crippen LogP contribution in [0, 0.1) is 11.3 Å². The predicted molar refractivity (Wildman–Crippen MR) is 121 cm³/mol. The molecule has 2 aliphatic rings. The van der Waals surface area contributed by atoms with Crippen LogP contribution in [0.25, 0.3) is 0 Å². The van der Waals surface area contributed by atoms with Crippen molar-refractivity contribution < 1.29 is 0 Å². The first-order valence-corrected chi connectivity index (χ1v) is 12.0. The Morgan fingerprint density at radius 3 is 2.81 bits per heavy atom. The van der Waals surface area contributed by atoms with Crippen LogP contribution < -0.4 is 5.32 Å². The zero-order chi connectivity index (χ0) is 21.0. The average Bonchev–Trinajstić information content (AvgIpc) is 3.57. The first-order chi connectivity index (χ1) is 15.3. The number of thiazole rings is 1. The Morgan fingerprint density at radius 1 is 1.13 bits per heavy atom. The molecule has 31 heavy (non-hydrogen) atoms. The SMILES string of the molecule is N#Cc1ccc(Nc2nc([C@H]3CCCCN3Cc3cnn(C4CCCC4)c3)cs2)cn1. The molecule has 1 saturated heterocycles. The molecule has 0 unspecified atom stereocenters. The van der Waals surface area contributed by atoms with Crippen LogP contribution >= 0.6 is 11.3 Å². The fourth-order valence-corrected chi connectivity index (χ4v) is 5.51. The Bertz CT molecular complexity index is 1040. The summed E-state index contributed by atoms with van der Waals surface area (Å²) in [6.45, 7) is 2.02. The molecule has 0 bridgehead atoms. The van der Waals surface area contributed by atoms with Crippen LogP contribution in [0.2, 0.25) is 0 Å². The van der Waals surface area contributed by atoms with Crippen molar-refractivity contribution in [3.05, 3.63) is 53.1 Å². The smallest absolute Gasteiger partial charge is 0.187 e. The lowest BCUT2D eigenvalue weighted by molar-refractivity contribution is 0.138. The number of likely N-dealkylation sites (tertiary alicyclic amines) is 1. The number of rotatable bonds is 6. The molecule has 160 valence electrons. The van der Waals surface area contributed by atoms with Gasteiger partial charge < -0.3 is 5.32 Å². The fourth-order valence-electron chi connectivity index (χ4n) is 4.73. The molecule has 1 atom stereocenters. The van der Waals surface area contributed by atoms with E-state index in [0.29, 0.717) is 17.8 Å². The Balaban J connectivity index is 1.26. The molecule has 1 aliphatic heterocycles. The van der Waals surface area contributed by atoms with Crippen molar-refractivity contribution in [3.63, 3.8) is 0 Å². The minimum Gasteiger partial charge on any atom is -0.330 e. The van der Waals surface area contributed by atoms with Crippen molar-refractivity contribution >= 4 is 22.2 Å². The molecule has 0 spiro atoms. The number of piperidine rings is 1. The van der Waals surface area contributed by atoms with E-state index < -0.39 is 0 Å². The van der Waals surface area contributed by atoms with Crippen molar-refractivity contribution in [2.75, 3.05) is 11.9 Å². The summed E-state index contributed by atoms with van der Waals surface area (Å²) in [5.74, 6) is 0. The average molecular weight is 434 g/mol. The maximum Gasteiger partial charge on any atom is 0.187 e. The summed E-state index contributed by atoms with van der Waals surface area (Å²) >= 11 is 1.62. The Labute approximate surface area is 186 Å². The highest BCUT2D eigenvalue weighted by molar-refractivity contribution is 7.13. The van der Waals surface area contributed by atoms with E-state index in [1.54, 1.807) is 23.6 Å².